The highest BCUT2D eigenvalue weighted by Gasteiger charge is 2.68. The summed E-state index contributed by atoms with van der Waals surface area (Å²) in [6.07, 6.45) is 8.13. The van der Waals surface area contributed by atoms with E-state index in [0.29, 0.717) is 56.3 Å². The molecule has 336 valence electrons. The van der Waals surface area contributed by atoms with Gasteiger partial charge in [0, 0.05) is 78.3 Å². The average molecular weight is 840 g/mol. The fourth-order valence-electron chi connectivity index (χ4n) is 13.6. The Morgan fingerprint density at radius 2 is 1.45 bits per heavy atom. The maximum Gasteiger partial charge on any atom is 0.172 e. The van der Waals surface area contributed by atoms with Gasteiger partial charge in [0.15, 0.2) is 5.79 Å². The number of methoxy groups -OCH3 is 2. The molecule has 0 amide bonds. The van der Waals surface area contributed by atoms with E-state index in [0.717, 1.165) is 75.7 Å². The summed E-state index contributed by atoms with van der Waals surface area (Å²) in [5.41, 5.74) is 2.27. The minimum absolute atomic E-state index is 0.000837. The molecule has 11 saturated heterocycles. The van der Waals surface area contributed by atoms with Crippen molar-refractivity contribution in [3.8, 4) is 0 Å². The van der Waals surface area contributed by atoms with E-state index in [-0.39, 0.29) is 109 Å². The number of fused-ring (bicyclic) bond motifs is 6. The SMILES string of the molecule is C=C1C[C@@H]2CC[C@@]34C[C@H]5O[C@H]6[C@@H](O3)[C@H]3O[C@H](CC[C@@H]3O[C@H]6[C@H]5O4)CC(=O)C[C@@H]3[C@@H](OC)[C@@H](C[C@@H](CN4CC(C)CC(C)C4)OC)O[C@H]3C[C@H]3O[C@@H](CC[C@@H]1O2)C[C@@H](C)C3=C. The van der Waals surface area contributed by atoms with Crippen LogP contribution in [0.1, 0.15) is 111 Å². The molecule has 1 spiro atoms. The third-order valence-corrected chi connectivity index (χ3v) is 16.4. The number of likely N-dealkylation sites (tertiary alicyclic amines) is 1. The summed E-state index contributed by atoms with van der Waals surface area (Å²) >= 11 is 0. The van der Waals surface area contributed by atoms with Gasteiger partial charge >= 0.3 is 0 Å². The number of ether oxygens (including phenoxy) is 10. The predicted octanol–water partition coefficient (Wildman–Crippen LogP) is 6.11. The molecular weight excluding hydrogens is 767 g/mol. The molecule has 0 aliphatic carbocycles. The van der Waals surface area contributed by atoms with Gasteiger partial charge in [-0.15, -0.1) is 0 Å². The van der Waals surface area contributed by atoms with Gasteiger partial charge in [-0.25, -0.2) is 0 Å². The molecule has 2 unspecified atom stereocenters. The number of carbonyl (C=O) groups excluding carboxylic acids is 1. The molecule has 11 aliphatic rings. The van der Waals surface area contributed by atoms with Gasteiger partial charge in [0.05, 0.1) is 67.1 Å². The Morgan fingerprint density at radius 1 is 0.717 bits per heavy atom. The molecular formula is C48H73NO11. The Labute approximate surface area is 358 Å². The number of hydrogen-bond acceptors (Lipinski definition) is 12. The molecule has 0 aromatic heterocycles. The summed E-state index contributed by atoms with van der Waals surface area (Å²) < 4.78 is 67.5. The van der Waals surface area contributed by atoms with Crippen LogP contribution < -0.4 is 0 Å². The molecule has 11 heterocycles. The number of carbonyl (C=O) groups is 1. The minimum Gasteiger partial charge on any atom is -0.380 e. The Hall–Kier alpha value is -1.29. The van der Waals surface area contributed by atoms with Crippen molar-refractivity contribution in [2.45, 2.75) is 214 Å². The fourth-order valence-corrected chi connectivity index (χ4v) is 13.6. The van der Waals surface area contributed by atoms with Gasteiger partial charge in [-0.1, -0.05) is 33.9 Å². The van der Waals surface area contributed by atoms with Crippen molar-refractivity contribution in [3.05, 3.63) is 24.3 Å². The third-order valence-electron chi connectivity index (χ3n) is 16.4. The first-order chi connectivity index (χ1) is 28.9. The van der Waals surface area contributed by atoms with E-state index in [4.69, 9.17) is 47.4 Å². The highest BCUT2D eigenvalue weighted by molar-refractivity contribution is 5.79. The summed E-state index contributed by atoms with van der Waals surface area (Å²) in [6, 6.07) is 0. The van der Waals surface area contributed by atoms with Gasteiger partial charge in [0.25, 0.3) is 0 Å². The second-order valence-corrected chi connectivity index (χ2v) is 21.1. The van der Waals surface area contributed by atoms with Crippen molar-refractivity contribution in [1.82, 2.24) is 4.90 Å². The Kier molecular flexibility index (Phi) is 12.3. The van der Waals surface area contributed by atoms with Crippen molar-refractivity contribution in [2.24, 2.45) is 23.7 Å². The molecule has 21 atom stereocenters. The summed E-state index contributed by atoms with van der Waals surface area (Å²) in [5, 5.41) is 0. The second kappa shape index (κ2) is 17.3. The van der Waals surface area contributed by atoms with E-state index >= 15 is 0 Å². The topological polar surface area (TPSA) is 113 Å². The smallest absolute Gasteiger partial charge is 0.172 e. The van der Waals surface area contributed by atoms with E-state index in [2.05, 4.69) is 38.8 Å². The highest BCUT2D eigenvalue weighted by Crippen LogP contribution is 2.54. The standard InChI is InChI=1S/C48H73NO11/c1-25-14-26(2)23-49(22-25)24-34(51-6)19-40-42(52-7)35-18-30(50)17-32-9-11-37-43(55-32)47-46-45(57-37)44-41(58-46)21-48(59-44,60-47)13-12-33-16-28(4)36(53-33)10-8-31-15-27(3)29(5)38(54-31)20-39(35)56-40/h25-27,31-47H,4-5,8-24H2,1-3,6-7H3/t25?,26?,27-,31+,32-,33+,34+,35+,36+,37+,38-,39+,40-,41-,42-,43+,44+,45+,46-,47+,48+/m1/s1. The number of ketones is 1. The molecule has 0 radical (unpaired) electrons. The Bertz CT molecular complexity index is 1580. The lowest BCUT2D eigenvalue weighted by Crippen LogP contribution is -2.61. The summed E-state index contributed by atoms with van der Waals surface area (Å²) in [5.74, 6) is 0.888. The van der Waals surface area contributed by atoms with Crippen LogP contribution in [-0.4, -0.2) is 148 Å². The zero-order valence-electron chi connectivity index (χ0n) is 36.9. The molecule has 12 heteroatoms. The number of rotatable bonds is 6. The Balaban J connectivity index is 0.907. The first-order valence-electron chi connectivity index (χ1n) is 23.9. The van der Waals surface area contributed by atoms with Gasteiger partial charge < -0.3 is 52.3 Å². The maximum atomic E-state index is 14.4. The van der Waals surface area contributed by atoms with Crippen LogP contribution in [0.3, 0.4) is 0 Å². The molecule has 0 saturated carbocycles. The average Bonchev–Trinajstić information content (AvgIpc) is 3.89. The number of nitrogens with zero attached hydrogens (tertiary/aromatic N) is 1. The molecule has 12 bridgehead atoms. The van der Waals surface area contributed by atoms with E-state index in [9.17, 15) is 4.79 Å². The molecule has 11 aliphatic heterocycles. The minimum atomic E-state index is -0.771. The van der Waals surface area contributed by atoms with Crippen LogP contribution in [0.2, 0.25) is 0 Å². The molecule has 11 fully saturated rings. The van der Waals surface area contributed by atoms with E-state index in [1.807, 2.05) is 7.11 Å². The van der Waals surface area contributed by atoms with Crippen molar-refractivity contribution < 1.29 is 52.2 Å². The zero-order chi connectivity index (χ0) is 41.4. The van der Waals surface area contributed by atoms with Crippen LogP contribution in [0.4, 0.5) is 0 Å². The quantitative estimate of drug-likeness (QED) is 0.288. The second-order valence-electron chi connectivity index (χ2n) is 21.1. The molecule has 60 heavy (non-hydrogen) atoms. The van der Waals surface area contributed by atoms with Crippen LogP contribution in [-0.2, 0) is 52.2 Å². The molecule has 0 aromatic rings. The summed E-state index contributed by atoms with van der Waals surface area (Å²) in [7, 11) is 3.58. The van der Waals surface area contributed by atoms with Gasteiger partial charge in [0.2, 0.25) is 0 Å². The predicted molar refractivity (Wildman–Crippen MR) is 221 cm³/mol. The third kappa shape index (κ3) is 8.29. The first kappa shape index (κ1) is 42.6. The van der Waals surface area contributed by atoms with Gasteiger partial charge in [-0.05, 0) is 80.3 Å². The monoisotopic (exact) mass is 840 g/mol. The molecule has 11 rings (SSSR count). The summed E-state index contributed by atoms with van der Waals surface area (Å²) in [4.78, 5) is 17.0. The molecule has 12 nitrogen and oxygen atoms in total. The number of piperidine rings is 1. The van der Waals surface area contributed by atoms with Crippen LogP contribution in [0.5, 0.6) is 0 Å². The largest absolute Gasteiger partial charge is 0.380 e. The summed E-state index contributed by atoms with van der Waals surface area (Å²) in [6.45, 7) is 19.1. The van der Waals surface area contributed by atoms with Crippen molar-refractivity contribution in [3.63, 3.8) is 0 Å². The lowest BCUT2D eigenvalue weighted by atomic mass is 9.81. The van der Waals surface area contributed by atoms with E-state index in [1.54, 1.807) is 7.11 Å². The van der Waals surface area contributed by atoms with Crippen LogP contribution in [0, 0.1) is 23.7 Å². The first-order valence-corrected chi connectivity index (χ1v) is 23.9. The van der Waals surface area contributed by atoms with Crippen molar-refractivity contribution in [2.75, 3.05) is 33.9 Å². The van der Waals surface area contributed by atoms with Crippen LogP contribution in [0.25, 0.3) is 0 Å². The van der Waals surface area contributed by atoms with Crippen molar-refractivity contribution >= 4 is 5.78 Å². The van der Waals surface area contributed by atoms with Crippen LogP contribution in [0.15, 0.2) is 24.3 Å². The molecule has 0 N–H and O–H groups in total. The highest BCUT2D eigenvalue weighted by atomic mass is 16.8. The lowest BCUT2D eigenvalue weighted by Gasteiger charge is -2.47. The number of Topliss-reactive ketones (excluding diaryl/α,β-unsaturated/α-hetero) is 1. The number of hydrogen-bond donors (Lipinski definition) is 0. The van der Waals surface area contributed by atoms with Gasteiger partial charge in [0.1, 0.15) is 36.3 Å². The fraction of sp³-hybridized carbons (Fsp3) is 0.896. The van der Waals surface area contributed by atoms with E-state index < -0.39 is 5.79 Å². The van der Waals surface area contributed by atoms with E-state index in [1.165, 1.54) is 6.42 Å². The Morgan fingerprint density at radius 3 is 2.25 bits per heavy atom. The molecule has 0 aromatic carbocycles. The normalized spacial score (nSPS) is 51.4. The van der Waals surface area contributed by atoms with Gasteiger partial charge in [-0.2, -0.15) is 0 Å². The van der Waals surface area contributed by atoms with Crippen LogP contribution >= 0.6 is 0 Å². The maximum absolute atomic E-state index is 14.4. The van der Waals surface area contributed by atoms with Crippen molar-refractivity contribution in [1.29, 1.82) is 0 Å². The lowest BCUT2D eigenvalue weighted by molar-refractivity contribution is -0.292. The zero-order valence-corrected chi connectivity index (χ0v) is 36.9. The van der Waals surface area contributed by atoms with Gasteiger partial charge in [-0.3, -0.25) is 4.79 Å².